The van der Waals surface area contributed by atoms with Gasteiger partial charge in [-0.25, -0.2) is 0 Å². The summed E-state index contributed by atoms with van der Waals surface area (Å²) in [6, 6.07) is 7.00. The number of carbonyl (C=O) groups is 2. The highest BCUT2D eigenvalue weighted by Crippen LogP contribution is 2.15. The first-order valence-corrected chi connectivity index (χ1v) is 6.42. The molecule has 0 aromatic heterocycles. The van der Waals surface area contributed by atoms with Gasteiger partial charge in [0, 0.05) is 19.0 Å². The maximum Gasteiger partial charge on any atom is 0.253 e. The van der Waals surface area contributed by atoms with Crippen molar-refractivity contribution in [3.63, 3.8) is 0 Å². The van der Waals surface area contributed by atoms with Crippen LogP contribution in [0, 0.1) is 5.92 Å². The summed E-state index contributed by atoms with van der Waals surface area (Å²) in [6.07, 6.45) is 0. The molecule has 0 saturated carbocycles. The monoisotopic (exact) mass is 263 g/mol. The van der Waals surface area contributed by atoms with Crippen LogP contribution in [0.1, 0.15) is 24.2 Å². The van der Waals surface area contributed by atoms with Gasteiger partial charge in [-0.1, -0.05) is 19.1 Å². The Labute approximate surface area is 113 Å². The smallest absolute Gasteiger partial charge is 0.253 e. The van der Waals surface area contributed by atoms with Gasteiger partial charge in [-0.2, -0.15) is 0 Å². The number of anilines is 1. The Morgan fingerprint density at radius 3 is 2.58 bits per heavy atom. The fourth-order valence-electron chi connectivity index (χ4n) is 1.70. The zero-order chi connectivity index (χ0) is 14.3. The van der Waals surface area contributed by atoms with Crippen LogP contribution >= 0.6 is 0 Å². The van der Waals surface area contributed by atoms with E-state index in [-0.39, 0.29) is 17.7 Å². The van der Waals surface area contributed by atoms with Gasteiger partial charge in [-0.3, -0.25) is 9.59 Å². The highest BCUT2D eigenvalue weighted by molar-refractivity contribution is 6.04. The minimum absolute atomic E-state index is 0.105. The predicted octanol–water partition coefficient (Wildman–Crippen LogP) is 1.23. The molecule has 5 nitrogen and oxygen atoms in total. The van der Waals surface area contributed by atoms with Crippen LogP contribution in [0.4, 0.5) is 5.69 Å². The maximum atomic E-state index is 12.0. The highest BCUT2D eigenvalue weighted by atomic mass is 16.2. The second-order valence-corrected chi connectivity index (χ2v) is 4.35. The average Bonchev–Trinajstić information content (AvgIpc) is 2.39. The number of para-hydroxylation sites is 1. The molecule has 0 aliphatic carbocycles. The number of rotatable bonds is 6. The minimum Gasteiger partial charge on any atom is -0.352 e. The van der Waals surface area contributed by atoms with Crippen molar-refractivity contribution in [1.29, 1.82) is 0 Å². The molecule has 0 aliphatic heterocycles. The van der Waals surface area contributed by atoms with E-state index in [0.717, 1.165) is 0 Å². The molecule has 1 atom stereocenters. The second kappa shape index (κ2) is 7.53. The first kappa shape index (κ1) is 15.2. The van der Waals surface area contributed by atoms with E-state index in [0.29, 0.717) is 24.3 Å². The second-order valence-electron chi connectivity index (χ2n) is 4.35. The molecule has 1 aromatic rings. The third-order valence-corrected chi connectivity index (χ3v) is 2.72. The van der Waals surface area contributed by atoms with Crippen molar-refractivity contribution in [2.45, 2.75) is 13.8 Å². The van der Waals surface area contributed by atoms with Gasteiger partial charge in [-0.15, -0.1) is 0 Å². The summed E-state index contributed by atoms with van der Waals surface area (Å²) in [5.74, 6) is -0.446. The molecule has 19 heavy (non-hydrogen) atoms. The summed E-state index contributed by atoms with van der Waals surface area (Å²) in [5, 5.41) is 8.47. The van der Waals surface area contributed by atoms with Gasteiger partial charge in [0.05, 0.1) is 11.3 Å². The molecule has 1 rings (SSSR count). The molecule has 104 valence electrons. The fraction of sp³-hybridized carbons (Fsp3) is 0.429. The Kier molecular flexibility index (Phi) is 6.02. The van der Waals surface area contributed by atoms with Crippen molar-refractivity contribution >= 4 is 17.5 Å². The van der Waals surface area contributed by atoms with E-state index in [4.69, 9.17) is 0 Å². The van der Waals surface area contributed by atoms with Crippen molar-refractivity contribution in [2.75, 3.05) is 25.5 Å². The Morgan fingerprint density at radius 1 is 1.26 bits per heavy atom. The third kappa shape index (κ3) is 4.37. The summed E-state index contributed by atoms with van der Waals surface area (Å²) >= 11 is 0. The topological polar surface area (TPSA) is 70.2 Å². The zero-order valence-corrected chi connectivity index (χ0v) is 11.6. The van der Waals surface area contributed by atoms with Crippen molar-refractivity contribution in [1.82, 2.24) is 10.6 Å². The van der Waals surface area contributed by atoms with Crippen molar-refractivity contribution in [3.05, 3.63) is 29.8 Å². The molecule has 0 spiro atoms. The van der Waals surface area contributed by atoms with E-state index >= 15 is 0 Å². The predicted molar refractivity (Wildman–Crippen MR) is 76.2 cm³/mol. The number of amides is 2. The van der Waals surface area contributed by atoms with Crippen LogP contribution in [-0.2, 0) is 4.79 Å². The van der Waals surface area contributed by atoms with Crippen LogP contribution in [-0.4, -0.2) is 32.0 Å². The normalized spacial score (nSPS) is 11.7. The summed E-state index contributed by atoms with van der Waals surface area (Å²) in [5.41, 5.74) is 1.02. The van der Waals surface area contributed by atoms with Crippen LogP contribution in [0.25, 0.3) is 0 Å². The Balaban J connectivity index is 2.83. The first-order valence-electron chi connectivity index (χ1n) is 6.42. The van der Waals surface area contributed by atoms with Gasteiger partial charge in [0.2, 0.25) is 5.91 Å². The number of hydrogen-bond donors (Lipinski definition) is 3. The van der Waals surface area contributed by atoms with Crippen LogP contribution < -0.4 is 16.0 Å². The molecule has 0 aliphatic rings. The Morgan fingerprint density at radius 2 is 1.95 bits per heavy atom. The van der Waals surface area contributed by atoms with Crippen molar-refractivity contribution in [3.8, 4) is 0 Å². The van der Waals surface area contributed by atoms with Crippen LogP contribution in [0.15, 0.2) is 24.3 Å². The van der Waals surface area contributed by atoms with Gasteiger partial charge >= 0.3 is 0 Å². The van der Waals surface area contributed by atoms with Crippen LogP contribution in [0.5, 0.6) is 0 Å². The largest absolute Gasteiger partial charge is 0.352 e. The van der Waals surface area contributed by atoms with E-state index in [1.54, 1.807) is 31.3 Å². The molecule has 0 bridgehead atoms. The molecule has 2 amide bonds. The maximum absolute atomic E-state index is 12.0. The third-order valence-electron chi connectivity index (χ3n) is 2.72. The summed E-state index contributed by atoms with van der Waals surface area (Å²) < 4.78 is 0. The molecule has 0 heterocycles. The number of benzene rings is 1. The SMILES string of the molecule is CCNC(=O)c1ccccc1NC(=O)C(C)CNC. The van der Waals surface area contributed by atoms with Crippen LogP contribution in [0.2, 0.25) is 0 Å². The van der Waals surface area contributed by atoms with Crippen molar-refractivity contribution in [2.24, 2.45) is 5.92 Å². The lowest BCUT2D eigenvalue weighted by atomic mass is 10.1. The molecule has 0 fully saturated rings. The molecule has 0 radical (unpaired) electrons. The van der Waals surface area contributed by atoms with E-state index < -0.39 is 0 Å². The van der Waals surface area contributed by atoms with Crippen LogP contribution in [0.3, 0.4) is 0 Å². The lowest BCUT2D eigenvalue weighted by Gasteiger charge is -2.14. The van der Waals surface area contributed by atoms with Gasteiger partial charge in [0.15, 0.2) is 0 Å². The molecular weight excluding hydrogens is 242 g/mol. The Hall–Kier alpha value is -1.88. The first-order chi connectivity index (χ1) is 9.10. The molecular formula is C14H21N3O2. The van der Waals surface area contributed by atoms with E-state index in [1.165, 1.54) is 0 Å². The highest BCUT2D eigenvalue weighted by Gasteiger charge is 2.16. The lowest BCUT2D eigenvalue weighted by molar-refractivity contribution is -0.119. The molecule has 1 unspecified atom stereocenters. The number of hydrogen-bond acceptors (Lipinski definition) is 3. The molecule has 0 saturated heterocycles. The summed E-state index contributed by atoms with van der Waals surface area (Å²) in [4.78, 5) is 23.8. The lowest BCUT2D eigenvalue weighted by Crippen LogP contribution is -2.30. The van der Waals surface area contributed by atoms with Crippen molar-refractivity contribution < 1.29 is 9.59 Å². The fourth-order valence-corrected chi connectivity index (χ4v) is 1.70. The van der Waals surface area contributed by atoms with Gasteiger partial charge < -0.3 is 16.0 Å². The quantitative estimate of drug-likeness (QED) is 0.723. The van der Waals surface area contributed by atoms with Gasteiger partial charge in [-0.05, 0) is 26.1 Å². The number of nitrogens with one attached hydrogen (secondary N) is 3. The summed E-state index contributed by atoms with van der Waals surface area (Å²) in [6.45, 7) is 4.83. The summed E-state index contributed by atoms with van der Waals surface area (Å²) in [7, 11) is 1.80. The number of carbonyl (C=O) groups excluding carboxylic acids is 2. The molecule has 3 N–H and O–H groups in total. The molecule has 5 heteroatoms. The van der Waals surface area contributed by atoms with Gasteiger partial charge in [0.1, 0.15) is 0 Å². The average molecular weight is 263 g/mol. The minimum atomic E-state index is -0.181. The standard InChI is InChI=1S/C14H21N3O2/c1-4-16-14(19)11-7-5-6-8-12(11)17-13(18)10(2)9-15-3/h5-8,10,15H,4,9H2,1-3H3,(H,16,19)(H,17,18). The Bertz CT molecular complexity index is 446. The molecule has 1 aromatic carbocycles. The van der Waals surface area contributed by atoms with Gasteiger partial charge in [0.25, 0.3) is 5.91 Å². The van der Waals surface area contributed by atoms with E-state index in [9.17, 15) is 9.59 Å². The van der Waals surface area contributed by atoms with E-state index in [2.05, 4.69) is 16.0 Å². The van der Waals surface area contributed by atoms with E-state index in [1.807, 2.05) is 13.8 Å². The zero-order valence-electron chi connectivity index (χ0n) is 11.6.